The number of aromatic nitrogens is 1. The number of rotatable bonds is 3. The van der Waals surface area contributed by atoms with E-state index in [1.54, 1.807) is 18.5 Å². The Kier molecular flexibility index (Phi) is 3.59. The number of carbonyl (C=O) groups is 1. The van der Waals surface area contributed by atoms with E-state index in [1.165, 1.54) is 7.11 Å². The summed E-state index contributed by atoms with van der Waals surface area (Å²) in [6.07, 6.45) is 2.39. The van der Waals surface area contributed by atoms with E-state index in [0.717, 1.165) is 5.56 Å². The number of hydrogen-bond donors (Lipinski definition) is 1. The molecule has 1 atom stereocenters. The fourth-order valence-electron chi connectivity index (χ4n) is 1.21. The van der Waals surface area contributed by atoms with Crippen LogP contribution < -0.4 is 0 Å². The Morgan fingerprint density at radius 2 is 2.43 bits per heavy atom. The van der Waals surface area contributed by atoms with E-state index in [-0.39, 0.29) is 6.42 Å². The molecule has 0 aliphatic rings. The molecular formula is C10H13NO3. The molecule has 0 amide bonds. The molecule has 1 aromatic rings. The third-order valence-electron chi connectivity index (χ3n) is 2.01. The average molecular weight is 195 g/mol. The van der Waals surface area contributed by atoms with E-state index >= 15 is 0 Å². The smallest absolute Gasteiger partial charge is 0.308 e. The zero-order valence-electron chi connectivity index (χ0n) is 8.23. The molecule has 76 valence electrons. The van der Waals surface area contributed by atoms with Crippen LogP contribution in [0.5, 0.6) is 0 Å². The van der Waals surface area contributed by atoms with E-state index in [2.05, 4.69) is 9.72 Å². The van der Waals surface area contributed by atoms with Gasteiger partial charge in [0.25, 0.3) is 0 Å². The molecule has 0 fully saturated rings. The van der Waals surface area contributed by atoms with Crippen molar-refractivity contribution in [1.29, 1.82) is 0 Å². The molecule has 0 radical (unpaired) electrons. The Morgan fingerprint density at radius 1 is 1.71 bits per heavy atom. The van der Waals surface area contributed by atoms with Crippen LogP contribution >= 0.6 is 0 Å². The summed E-state index contributed by atoms with van der Waals surface area (Å²) in [4.78, 5) is 14.8. The minimum absolute atomic E-state index is 0.0264. The van der Waals surface area contributed by atoms with Crippen molar-refractivity contribution in [3.63, 3.8) is 0 Å². The number of aliphatic hydroxyl groups is 1. The normalized spacial score (nSPS) is 12.2. The minimum atomic E-state index is -0.814. The zero-order chi connectivity index (χ0) is 10.6. The lowest BCUT2D eigenvalue weighted by Gasteiger charge is -2.11. The lowest BCUT2D eigenvalue weighted by Crippen LogP contribution is -2.09. The van der Waals surface area contributed by atoms with Gasteiger partial charge >= 0.3 is 5.97 Å². The van der Waals surface area contributed by atoms with E-state index in [0.29, 0.717) is 5.56 Å². The van der Waals surface area contributed by atoms with Crippen molar-refractivity contribution in [1.82, 2.24) is 4.98 Å². The molecule has 1 N–H and O–H groups in total. The van der Waals surface area contributed by atoms with Gasteiger partial charge in [-0.05, 0) is 24.1 Å². The van der Waals surface area contributed by atoms with Crippen LogP contribution in [-0.2, 0) is 9.53 Å². The third-order valence-corrected chi connectivity index (χ3v) is 2.01. The highest BCUT2D eigenvalue weighted by atomic mass is 16.5. The van der Waals surface area contributed by atoms with Crippen molar-refractivity contribution in [2.45, 2.75) is 19.4 Å². The number of carbonyl (C=O) groups excluding carboxylic acids is 1. The predicted octanol–water partition coefficient (Wildman–Crippen LogP) is 0.987. The summed E-state index contributed by atoms with van der Waals surface area (Å²) in [6, 6.07) is 1.70. The predicted molar refractivity (Wildman–Crippen MR) is 50.6 cm³/mol. The summed E-state index contributed by atoms with van der Waals surface area (Å²) in [6.45, 7) is 1.84. The maximum absolute atomic E-state index is 10.9. The Balaban J connectivity index is 2.74. The van der Waals surface area contributed by atoms with Gasteiger partial charge in [-0.25, -0.2) is 0 Å². The number of esters is 1. The number of nitrogens with zero attached hydrogens (tertiary/aromatic N) is 1. The standard InChI is InChI=1S/C10H13NO3/c1-7-6-11-4-3-8(7)9(12)5-10(13)14-2/h3-4,6,9,12H,5H2,1-2H3/t9-/m1/s1. The largest absolute Gasteiger partial charge is 0.469 e. The Hall–Kier alpha value is -1.42. The van der Waals surface area contributed by atoms with Crippen molar-refractivity contribution in [2.75, 3.05) is 7.11 Å². The fraction of sp³-hybridized carbons (Fsp3) is 0.400. The molecule has 0 bridgehead atoms. The molecule has 0 aliphatic carbocycles. The van der Waals surface area contributed by atoms with E-state index in [4.69, 9.17) is 0 Å². The van der Waals surface area contributed by atoms with Crippen LogP contribution in [0.25, 0.3) is 0 Å². The Morgan fingerprint density at radius 3 is 3.00 bits per heavy atom. The number of pyridine rings is 1. The van der Waals surface area contributed by atoms with Gasteiger partial charge in [0, 0.05) is 12.4 Å². The van der Waals surface area contributed by atoms with Gasteiger partial charge in [0.2, 0.25) is 0 Å². The highest BCUT2D eigenvalue weighted by Gasteiger charge is 2.14. The van der Waals surface area contributed by atoms with Crippen LogP contribution in [0, 0.1) is 6.92 Å². The summed E-state index contributed by atoms with van der Waals surface area (Å²) < 4.78 is 4.47. The number of aryl methyl sites for hydroxylation is 1. The van der Waals surface area contributed by atoms with Gasteiger partial charge in [0.05, 0.1) is 19.6 Å². The third kappa shape index (κ3) is 2.53. The molecule has 4 heteroatoms. The second kappa shape index (κ2) is 4.72. The second-order valence-electron chi connectivity index (χ2n) is 3.03. The molecule has 0 saturated heterocycles. The van der Waals surface area contributed by atoms with Crippen molar-refractivity contribution >= 4 is 5.97 Å². The minimum Gasteiger partial charge on any atom is -0.469 e. The van der Waals surface area contributed by atoms with Gasteiger partial charge in [0.1, 0.15) is 0 Å². The summed E-state index contributed by atoms with van der Waals surface area (Å²) in [5, 5.41) is 9.67. The average Bonchev–Trinajstić information content (AvgIpc) is 2.18. The van der Waals surface area contributed by atoms with Crippen molar-refractivity contribution in [2.24, 2.45) is 0 Å². The first-order valence-corrected chi connectivity index (χ1v) is 4.30. The number of methoxy groups -OCH3 is 1. The monoisotopic (exact) mass is 195 g/mol. The van der Waals surface area contributed by atoms with Crippen LogP contribution in [0.3, 0.4) is 0 Å². The maximum Gasteiger partial charge on any atom is 0.308 e. The summed E-state index contributed by atoms with van der Waals surface area (Å²) in [5.41, 5.74) is 1.58. The molecule has 1 rings (SSSR count). The van der Waals surface area contributed by atoms with Crippen molar-refractivity contribution in [3.05, 3.63) is 29.6 Å². The van der Waals surface area contributed by atoms with Gasteiger partial charge in [-0.2, -0.15) is 0 Å². The molecule has 14 heavy (non-hydrogen) atoms. The SMILES string of the molecule is COC(=O)C[C@@H](O)c1ccncc1C. The number of ether oxygens (including phenoxy) is 1. The molecule has 1 aromatic heterocycles. The molecule has 4 nitrogen and oxygen atoms in total. The molecular weight excluding hydrogens is 182 g/mol. The van der Waals surface area contributed by atoms with Gasteiger partial charge in [-0.3, -0.25) is 9.78 Å². The fourth-order valence-corrected chi connectivity index (χ4v) is 1.21. The van der Waals surface area contributed by atoms with Crippen molar-refractivity contribution < 1.29 is 14.6 Å². The van der Waals surface area contributed by atoms with Gasteiger partial charge in [0.15, 0.2) is 0 Å². The molecule has 1 heterocycles. The molecule has 0 spiro atoms. The van der Waals surface area contributed by atoms with Crippen LogP contribution in [0.4, 0.5) is 0 Å². The lowest BCUT2D eigenvalue weighted by molar-refractivity contribution is -0.142. The van der Waals surface area contributed by atoms with E-state index < -0.39 is 12.1 Å². The summed E-state index contributed by atoms with van der Waals surface area (Å²) in [7, 11) is 1.30. The lowest BCUT2D eigenvalue weighted by atomic mass is 10.0. The van der Waals surface area contributed by atoms with Crippen LogP contribution in [-0.4, -0.2) is 23.2 Å². The topological polar surface area (TPSA) is 59.4 Å². The first kappa shape index (κ1) is 10.7. The Bertz CT molecular complexity index is 325. The molecule has 0 saturated carbocycles. The highest BCUT2D eigenvalue weighted by molar-refractivity contribution is 5.70. The van der Waals surface area contributed by atoms with Gasteiger partial charge in [-0.15, -0.1) is 0 Å². The van der Waals surface area contributed by atoms with Gasteiger partial charge < -0.3 is 9.84 Å². The Labute approximate surface area is 82.5 Å². The zero-order valence-corrected chi connectivity index (χ0v) is 8.23. The van der Waals surface area contributed by atoms with Crippen LogP contribution in [0.1, 0.15) is 23.7 Å². The number of hydrogen-bond acceptors (Lipinski definition) is 4. The van der Waals surface area contributed by atoms with Crippen LogP contribution in [0.2, 0.25) is 0 Å². The van der Waals surface area contributed by atoms with Crippen LogP contribution in [0.15, 0.2) is 18.5 Å². The maximum atomic E-state index is 10.9. The van der Waals surface area contributed by atoms with E-state index in [9.17, 15) is 9.90 Å². The summed E-state index contributed by atoms with van der Waals surface area (Å²) >= 11 is 0. The second-order valence-corrected chi connectivity index (χ2v) is 3.03. The highest BCUT2D eigenvalue weighted by Crippen LogP contribution is 2.19. The van der Waals surface area contributed by atoms with Crippen molar-refractivity contribution in [3.8, 4) is 0 Å². The molecule has 0 aromatic carbocycles. The first-order chi connectivity index (χ1) is 6.65. The molecule has 0 aliphatic heterocycles. The quantitative estimate of drug-likeness (QED) is 0.730. The molecule has 0 unspecified atom stereocenters. The first-order valence-electron chi connectivity index (χ1n) is 4.30. The summed E-state index contributed by atoms with van der Waals surface area (Å²) in [5.74, 6) is -0.422. The number of aliphatic hydroxyl groups excluding tert-OH is 1. The van der Waals surface area contributed by atoms with E-state index in [1.807, 2.05) is 6.92 Å². The van der Waals surface area contributed by atoms with Gasteiger partial charge in [-0.1, -0.05) is 0 Å².